The van der Waals surface area contributed by atoms with E-state index in [1.165, 1.54) is 25.7 Å². The highest BCUT2D eigenvalue weighted by Crippen LogP contribution is 2.24. The van der Waals surface area contributed by atoms with Crippen molar-refractivity contribution in [1.29, 1.82) is 0 Å². The number of carbonyl (C=O) groups is 1. The molecule has 0 aliphatic heterocycles. The molecule has 1 aliphatic rings. The molecule has 3 nitrogen and oxygen atoms in total. The topological polar surface area (TPSA) is 29.5 Å². The highest BCUT2D eigenvalue weighted by Gasteiger charge is 2.24. The van der Waals surface area contributed by atoms with Crippen LogP contribution >= 0.6 is 11.6 Å². The Kier molecular flexibility index (Phi) is 6.37. The summed E-state index contributed by atoms with van der Waals surface area (Å²) in [6.45, 7) is 0.618. The van der Waals surface area contributed by atoms with Crippen LogP contribution in [0.1, 0.15) is 44.1 Å². The Bertz CT molecular complexity index is 456. The van der Waals surface area contributed by atoms with Crippen LogP contribution in [-0.4, -0.2) is 29.8 Å². The lowest BCUT2D eigenvalue weighted by Gasteiger charge is -2.31. The van der Waals surface area contributed by atoms with Gasteiger partial charge in [-0.1, -0.05) is 37.8 Å². The number of hydrogen-bond acceptors (Lipinski definition) is 2. The summed E-state index contributed by atoms with van der Waals surface area (Å²) in [4.78, 5) is 14.2. The summed E-state index contributed by atoms with van der Waals surface area (Å²) < 4.78 is 5.26. The molecule has 0 heterocycles. The number of ether oxygens (including phenoxy) is 1. The highest BCUT2D eigenvalue weighted by atomic mass is 35.5. The van der Waals surface area contributed by atoms with E-state index in [1.54, 1.807) is 7.11 Å². The first kappa shape index (κ1) is 16.2. The Morgan fingerprint density at radius 3 is 2.62 bits per heavy atom. The maximum Gasteiger partial charge on any atom is 0.238 e. The van der Waals surface area contributed by atoms with E-state index in [9.17, 15) is 4.79 Å². The fraction of sp³-hybridized carbons (Fsp3) is 0.588. The lowest BCUT2D eigenvalue weighted by atomic mass is 10.1. The van der Waals surface area contributed by atoms with E-state index < -0.39 is 0 Å². The summed E-state index contributed by atoms with van der Waals surface area (Å²) >= 11 is 5.82. The third-order valence-corrected chi connectivity index (χ3v) is 4.42. The van der Waals surface area contributed by atoms with Crippen LogP contribution in [-0.2, 0) is 11.3 Å². The van der Waals surface area contributed by atoms with Gasteiger partial charge in [-0.25, -0.2) is 0 Å². The lowest BCUT2D eigenvalue weighted by molar-refractivity contribution is -0.131. The van der Waals surface area contributed by atoms with Crippen molar-refractivity contribution in [2.45, 2.75) is 51.1 Å². The molecule has 0 radical (unpaired) electrons. The van der Waals surface area contributed by atoms with Gasteiger partial charge in [0.15, 0.2) is 0 Å². The summed E-state index contributed by atoms with van der Waals surface area (Å²) in [7, 11) is 1.66. The van der Waals surface area contributed by atoms with Gasteiger partial charge in [0.05, 0.1) is 7.11 Å². The van der Waals surface area contributed by atoms with Crippen LogP contribution in [0.2, 0.25) is 0 Å². The van der Waals surface area contributed by atoms with Crippen molar-refractivity contribution in [1.82, 2.24) is 4.90 Å². The molecule has 1 aromatic carbocycles. The normalized spacial score (nSPS) is 16.3. The Balaban J connectivity index is 2.13. The minimum Gasteiger partial charge on any atom is -0.497 e. The molecular weight excluding hydrogens is 286 g/mol. The van der Waals surface area contributed by atoms with E-state index in [0.29, 0.717) is 12.6 Å². The predicted octanol–water partition coefficient (Wildman–Crippen LogP) is 3.99. The van der Waals surface area contributed by atoms with Gasteiger partial charge in [0.25, 0.3) is 0 Å². The van der Waals surface area contributed by atoms with Crippen molar-refractivity contribution < 1.29 is 9.53 Å². The maximum atomic E-state index is 12.2. The first-order chi connectivity index (χ1) is 10.2. The van der Waals surface area contributed by atoms with Gasteiger partial charge in [-0.15, -0.1) is 11.6 Å². The van der Waals surface area contributed by atoms with E-state index in [0.717, 1.165) is 24.2 Å². The first-order valence-corrected chi connectivity index (χ1v) is 8.26. The molecule has 0 N–H and O–H groups in total. The summed E-state index contributed by atoms with van der Waals surface area (Å²) in [5.74, 6) is 0.915. The number of amides is 1. The molecular formula is C17H24ClNO2. The standard InChI is InChI=1S/C17H24ClNO2/c1-21-16-10-6-7-14(11-16)13-19(17(20)12-18)15-8-4-2-3-5-9-15/h6-7,10-11,15H,2-5,8-9,12-13H2,1H3. The number of alkyl halides is 1. The van der Waals surface area contributed by atoms with Crippen LogP contribution in [0.5, 0.6) is 5.75 Å². The number of rotatable bonds is 5. The minimum atomic E-state index is 0.0337. The van der Waals surface area contributed by atoms with Crippen LogP contribution in [0.4, 0.5) is 0 Å². The van der Waals surface area contributed by atoms with Crippen molar-refractivity contribution >= 4 is 17.5 Å². The number of methoxy groups -OCH3 is 1. The Morgan fingerprint density at radius 2 is 2.00 bits per heavy atom. The largest absolute Gasteiger partial charge is 0.497 e. The average Bonchev–Trinajstić information content (AvgIpc) is 2.81. The summed E-state index contributed by atoms with van der Waals surface area (Å²) in [5, 5.41) is 0. The first-order valence-electron chi connectivity index (χ1n) is 7.73. The molecule has 0 aromatic heterocycles. The number of benzene rings is 1. The van der Waals surface area contributed by atoms with E-state index in [4.69, 9.17) is 16.3 Å². The van der Waals surface area contributed by atoms with Crippen LogP contribution < -0.4 is 4.74 Å². The van der Waals surface area contributed by atoms with E-state index >= 15 is 0 Å². The van der Waals surface area contributed by atoms with Gasteiger partial charge in [-0.05, 0) is 30.5 Å². The number of carbonyl (C=O) groups excluding carboxylic acids is 1. The summed E-state index contributed by atoms with van der Waals surface area (Å²) in [6.07, 6.45) is 7.14. The lowest BCUT2D eigenvalue weighted by Crippen LogP contribution is -2.40. The molecule has 116 valence electrons. The molecule has 1 aromatic rings. The quantitative estimate of drug-likeness (QED) is 0.608. The third-order valence-electron chi connectivity index (χ3n) is 4.19. The van der Waals surface area contributed by atoms with Crippen LogP contribution in [0.25, 0.3) is 0 Å². The predicted molar refractivity (Wildman–Crippen MR) is 85.8 cm³/mol. The second kappa shape index (κ2) is 8.28. The van der Waals surface area contributed by atoms with Gasteiger partial charge in [0, 0.05) is 12.6 Å². The Hall–Kier alpha value is -1.22. The fourth-order valence-electron chi connectivity index (χ4n) is 3.03. The molecule has 0 unspecified atom stereocenters. The van der Waals surface area contributed by atoms with Gasteiger partial charge in [-0.3, -0.25) is 4.79 Å². The van der Waals surface area contributed by atoms with Gasteiger partial charge >= 0.3 is 0 Å². The zero-order valence-corrected chi connectivity index (χ0v) is 13.4. The van der Waals surface area contributed by atoms with Crippen LogP contribution in [0, 0.1) is 0 Å². The van der Waals surface area contributed by atoms with Crippen molar-refractivity contribution in [2.24, 2.45) is 0 Å². The molecule has 4 heteroatoms. The number of hydrogen-bond donors (Lipinski definition) is 0. The molecule has 1 amide bonds. The van der Waals surface area contributed by atoms with Crippen molar-refractivity contribution in [3.05, 3.63) is 29.8 Å². The SMILES string of the molecule is COc1cccc(CN(C(=O)CCl)C2CCCCCC2)c1. The van der Waals surface area contributed by atoms with Gasteiger partial charge in [-0.2, -0.15) is 0 Å². The van der Waals surface area contributed by atoms with Crippen molar-refractivity contribution in [2.75, 3.05) is 13.0 Å². The second-order valence-electron chi connectivity index (χ2n) is 5.65. The van der Waals surface area contributed by atoms with Crippen molar-refractivity contribution in [3.63, 3.8) is 0 Å². The molecule has 2 rings (SSSR count). The maximum absolute atomic E-state index is 12.2. The Morgan fingerprint density at radius 1 is 1.29 bits per heavy atom. The van der Waals surface area contributed by atoms with Crippen LogP contribution in [0.3, 0.4) is 0 Å². The monoisotopic (exact) mass is 309 g/mol. The van der Waals surface area contributed by atoms with Gasteiger partial charge in [0.2, 0.25) is 5.91 Å². The molecule has 0 saturated heterocycles. The molecule has 0 atom stereocenters. The number of nitrogens with zero attached hydrogens (tertiary/aromatic N) is 1. The molecule has 1 fully saturated rings. The fourth-order valence-corrected chi connectivity index (χ4v) is 3.19. The smallest absolute Gasteiger partial charge is 0.238 e. The minimum absolute atomic E-state index is 0.0337. The average molecular weight is 310 g/mol. The van der Waals surface area contributed by atoms with Gasteiger partial charge in [0.1, 0.15) is 11.6 Å². The second-order valence-corrected chi connectivity index (χ2v) is 5.92. The molecule has 1 aliphatic carbocycles. The molecule has 0 bridgehead atoms. The van der Waals surface area contributed by atoms with E-state index in [2.05, 4.69) is 0 Å². The molecule has 1 saturated carbocycles. The zero-order chi connectivity index (χ0) is 15.1. The van der Waals surface area contributed by atoms with E-state index in [1.807, 2.05) is 29.2 Å². The van der Waals surface area contributed by atoms with Crippen LogP contribution in [0.15, 0.2) is 24.3 Å². The van der Waals surface area contributed by atoms with E-state index in [-0.39, 0.29) is 11.8 Å². The molecule has 0 spiro atoms. The zero-order valence-electron chi connectivity index (χ0n) is 12.7. The molecule has 21 heavy (non-hydrogen) atoms. The highest BCUT2D eigenvalue weighted by molar-refractivity contribution is 6.27. The Labute approximate surface area is 132 Å². The summed E-state index contributed by atoms with van der Waals surface area (Å²) in [6, 6.07) is 8.23. The third kappa shape index (κ3) is 4.63. The summed E-state index contributed by atoms with van der Waals surface area (Å²) in [5.41, 5.74) is 1.09. The van der Waals surface area contributed by atoms with Gasteiger partial charge < -0.3 is 9.64 Å². The van der Waals surface area contributed by atoms with Crippen molar-refractivity contribution in [3.8, 4) is 5.75 Å². The number of halogens is 1.